The molecule has 2 saturated heterocycles. The lowest BCUT2D eigenvalue weighted by atomic mass is 10.1. The Balaban J connectivity index is 1.28. The Labute approximate surface area is 142 Å². The van der Waals surface area contributed by atoms with Gasteiger partial charge in [0, 0.05) is 12.8 Å². The van der Waals surface area contributed by atoms with E-state index in [-0.39, 0.29) is 0 Å². The molecule has 2 fully saturated rings. The van der Waals surface area contributed by atoms with Crippen molar-refractivity contribution in [2.45, 2.75) is 25.0 Å². The van der Waals surface area contributed by atoms with E-state index >= 15 is 0 Å². The molecule has 0 saturated carbocycles. The van der Waals surface area contributed by atoms with Gasteiger partial charge in [0.25, 0.3) is 0 Å². The lowest BCUT2D eigenvalue weighted by molar-refractivity contribution is 0.282. The average molecular weight is 326 g/mol. The van der Waals surface area contributed by atoms with E-state index in [1.807, 2.05) is 24.3 Å². The third-order valence-corrected chi connectivity index (χ3v) is 4.26. The maximum absolute atomic E-state index is 5.73. The van der Waals surface area contributed by atoms with Crippen LogP contribution < -0.4 is 9.47 Å². The Morgan fingerprint density at radius 3 is 1.38 bits per heavy atom. The second kappa shape index (κ2) is 7.24. The molecule has 4 heteroatoms. The minimum absolute atomic E-state index is 0.418. The van der Waals surface area contributed by atoms with Crippen LogP contribution in [0.5, 0.6) is 11.5 Å². The number of benzene rings is 2. The molecular weight excluding hydrogens is 304 g/mol. The summed E-state index contributed by atoms with van der Waals surface area (Å²) in [4.78, 5) is 0. The molecule has 2 aromatic rings. The number of epoxide rings is 2. The van der Waals surface area contributed by atoms with Crippen LogP contribution in [0.25, 0.3) is 11.1 Å². The predicted molar refractivity (Wildman–Crippen MR) is 91.6 cm³/mol. The fourth-order valence-electron chi connectivity index (χ4n) is 2.57. The van der Waals surface area contributed by atoms with Crippen LogP contribution in [0.2, 0.25) is 0 Å². The van der Waals surface area contributed by atoms with Crippen molar-refractivity contribution in [3.63, 3.8) is 0 Å². The highest BCUT2D eigenvalue weighted by Gasteiger charge is 2.22. The zero-order valence-electron chi connectivity index (χ0n) is 13.6. The van der Waals surface area contributed by atoms with Gasteiger partial charge in [-0.2, -0.15) is 0 Å². The lowest BCUT2D eigenvalue weighted by Crippen LogP contribution is -2.01. The SMILES string of the molecule is c1cc(-c2ccc(OCCC3CO3)cc2)ccc1OCCC1CO1. The van der Waals surface area contributed by atoms with Gasteiger partial charge in [-0.3, -0.25) is 0 Å². The number of ether oxygens (including phenoxy) is 4. The van der Waals surface area contributed by atoms with Crippen molar-refractivity contribution in [3.05, 3.63) is 48.5 Å². The largest absolute Gasteiger partial charge is 0.493 e. The molecule has 0 spiro atoms. The molecule has 2 heterocycles. The average Bonchev–Trinajstić information content (AvgIpc) is 3.52. The van der Waals surface area contributed by atoms with E-state index in [0.29, 0.717) is 25.4 Å². The second-order valence-corrected chi connectivity index (χ2v) is 6.23. The summed E-state index contributed by atoms with van der Waals surface area (Å²) >= 11 is 0. The summed E-state index contributed by atoms with van der Waals surface area (Å²) in [5.74, 6) is 1.81. The quantitative estimate of drug-likeness (QED) is 0.659. The summed E-state index contributed by atoms with van der Waals surface area (Å²) in [5.41, 5.74) is 2.34. The van der Waals surface area contributed by atoms with Gasteiger partial charge >= 0.3 is 0 Å². The molecule has 2 aliphatic rings. The Morgan fingerprint density at radius 2 is 1.04 bits per heavy atom. The molecule has 0 amide bonds. The van der Waals surface area contributed by atoms with Crippen molar-refractivity contribution in [1.29, 1.82) is 0 Å². The molecule has 4 nitrogen and oxygen atoms in total. The Morgan fingerprint density at radius 1 is 0.667 bits per heavy atom. The highest BCUT2D eigenvalue weighted by Crippen LogP contribution is 2.25. The minimum Gasteiger partial charge on any atom is -0.493 e. The second-order valence-electron chi connectivity index (χ2n) is 6.23. The van der Waals surface area contributed by atoms with Crippen molar-refractivity contribution in [2.75, 3.05) is 26.4 Å². The summed E-state index contributed by atoms with van der Waals surface area (Å²) in [6.45, 7) is 3.19. The summed E-state index contributed by atoms with van der Waals surface area (Å²) in [6.07, 6.45) is 2.77. The van der Waals surface area contributed by atoms with Crippen LogP contribution in [0.1, 0.15) is 12.8 Å². The fourth-order valence-corrected chi connectivity index (χ4v) is 2.57. The van der Waals surface area contributed by atoms with Gasteiger partial charge in [-0.25, -0.2) is 0 Å². The molecule has 24 heavy (non-hydrogen) atoms. The Kier molecular flexibility index (Phi) is 4.67. The molecule has 0 N–H and O–H groups in total. The molecule has 2 atom stereocenters. The maximum atomic E-state index is 5.73. The third-order valence-electron chi connectivity index (χ3n) is 4.26. The van der Waals surface area contributed by atoms with Crippen molar-refractivity contribution < 1.29 is 18.9 Å². The number of hydrogen-bond donors (Lipinski definition) is 0. The van der Waals surface area contributed by atoms with Crippen molar-refractivity contribution in [3.8, 4) is 22.6 Å². The van der Waals surface area contributed by atoms with Gasteiger partial charge in [-0.15, -0.1) is 0 Å². The molecule has 0 bridgehead atoms. The van der Waals surface area contributed by atoms with Crippen molar-refractivity contribution in [1.82, 2.24) is 0 Å². The summed E-state index contributed by atoms with van der Waals surface area (Å²) in [7, 11) is 0. The standard InChI is InChI=1S/C20H22O4/c1-5-17(21-11-9-19-13-23-19)6-2-15(1)16-3-7-18(8-4-16)22-12-10-20-14-24-20/h1-8,19-20H,9-14H2. The van der Waals surface area contributed by atoms with Crippen molar-refractivity contribution >= 4 is 0 Å². The predicted octanol–water partition coefficient (Wildman–Crippen LogP) is 3.69. The highest BCUT2D eigenvalue weighted by atomic mass is 16.6. The molecule has 2 aromatic carbocycles. The van der Waals surface area contributed by atoms with E-state index in [0.717, 1.165) is 37.6 Å². The maximum Gasteiger partial charge on any atom is 0.119 e. The van der Waals surface area contributed by atoms with Crippen molar-refractivity contribution in [2.24, 2.45) is 0 Å². The molecule has 4 rings (SSSR count). The molecule has 0 aromatic heterocycles. The molecule has 2 aliphatic heterocycles. The van der Waals surface area contributed by atoms with E-state index in [2.05, 4.69) is 24.3 Å². The monoisotopic (exact) mass is 326 g/mol. The minimum atomic E-state index is 0.418. The van der Waals surface area contributed by atoms with Crippen LogP contribution in [0.15, 0.2) is 48.5 Å². The van der Waals surface area contributed by atoms with Gasteiger partial charge in [0.15, 0.2) is 0 Å². The highest BCUT2D eigenvalue weighted by molar-refractivity contribution is 5.64. The number of rotatable bonds is 9. The van der Waals surface area contributed by atoms with E-state index in [1.54, 1.807) is 0 Å². The first kappa shape index (κ1) is 15.5. The molecule has 126 valence electrons. The van der Waals surface area contributed by atoms with Crippen LogP contribution in [0, 0.1) is 0 Å². The first-order chi connectivity index (χ1) is 11.9. The van der Waals surface area contributed by atoms with Gasteiger partial charge in [-0.05, 0) is 35.4 Å². The van der Waals surface area contributed by atoms with Gasteiger partial charge in [0.05, 0.1) is 38.6 Å². The van der Waals surface area contributed by atoms with E-state index < -0.39 is 0 Å². The summed E-state index contributed by atoms with van der Waals surface area (Å²) in [5, 5.41) is 0. The smallest absolute Gasteiger partial charge is 0.119 e. The Hall–Kier alpha value is -2.04. The fraction of sp³-hybridized carbons (Fsp3) is 0.400. The first-order valence-electron chi connectivity index (χ1n) is 8.56. The topological polar surface area (TPSA) is 43.5 Å². The van der Waals surface area contributed by atoms with Gasteiger partial charge in [-0.1, -0.05) is 24.3 Å². The van der Waals surface area contributed by atoms with Gasteiger partial charge in [0.2, 0.25) is 0 Å². The van der Waals surface area contributed by atoms with E-state index in [9.17, 15) is 0 Å². The molecule has 0 aliphatic carbocycles. The van der Waals surface area contributed by atoms with Crippen LogP contribution in [0.4, 0.5) is 0 Å². The van der Waals surface area contributed by atoms with Gasteiger partial charge in [0.1, 0.15) is 11.5 Å². The molecular formula is C20H22O4. The lowest BCUT2D eigenvalue weighted by Gasteiger charge is -2.08. The zero-order valence-corrected chi connectivity index (χ0v) is 13.6. The third kappa shape index (κ3) is 4.49. The number of hydrogen-bond acceptors (Lipinski definition) is 4. The first-order valence-corrected chi connectivity index (χ1v) is 8.56. The van der Waals surface area contributed by atoms with Crippen LogP contribution >= 0.6 is 0 Å². The zero-order chi connectivity index (χ0) is 16.2. The molecule has 0 radical (unpaired) electrons. The Bertz CT molecular complexity index is 583. The van der Waals surface area contributed by atoms with E-state index in [4.69, 9.17) is 18.9 Å². The van der Waals surface area contributed by atoms with Gasteiger partial charge < -0.3 is 18.9 Å². The van der Waals surface area contributed by atoms with Crippen LogP contribution in [-0.2, 0) is 9.47 Å². The summed E-state index contributed by atoms with van der Waals surface area (Å²) in [6, 6.07) is 16.4. The van der Waals surface area contributed by atoms with Crippen LogP contribution in [-0.4, -0.2) is 38.6 Å². The normalized spacial score (nSPS) is 21.3. The summed E-state index contributed by atoms with van der Waals surface area (Å²) < 4.78 is 21.8. The van der Waals surface area contributed by atoms with E-state index in [1.165, 1.54) is 11.1 Å². The van der Waals surface area contributed by atoms with Crippen LogP contribution in [0.3, 0.4) is 0 Å². The molecule has 2 unspecified atom stereocenters.